The summed E-state index contributed by atoms with van der Waals surface area (Å²) in [5.74, 6) is 0. The quantitative estimate of drug-likeness (QED) is 0.793. The van der Waals surface area contributed by atoms with E-state index in [4.69, 9.17) is 4.74 Å². The summed E-state index contributed by atoms with van der Waals surface area (Å²) in [5.41, 5.74) is 1.79. The molecule has 4 rings (SSSR count). The standard InChI is InChI=1S/C14H18BrN5O/c1-19-10-8-16-13(18-11(10)17-12(19)15)21-9-14-4-2-6-20(14)7-3-5-14/h8H,2-7,9H2,1H3. The Morgan fingerprint density at radius 3 is 2.81 bits per heavy atom. The maximum absolute atomic E-state index is 5.92. The van der Waals surface area contributed by atoms with Crippen LogP contribution in [-0.2, 0) is 7.05 Å². The molecular weight excluding hydrogens is 334 g/mol. The summed E-state index contributed by atoms with van der Waals surface area (Å²) in [4.78, 5) is 15.7. The van der Waals surface area contributed by atoms with Crippen LogP contribution in [0.5, 0.6) is 6.01 Å². The number of hydrogen-bond acceptors (Lipinski definition) is 5. The van der Waals surface area contributed by atoms with Gasteiger partial charge in [-0.25, -0.2) is 9.97 Å². The van der Waals surface area contributed by atoms with E-state index in [9.17, 15) is 0 Å². The van der Waals surface area contributed by atoms with Crippen molar-refractivity contribution in [3.63, 3.8) is 0 Å². The lowest BCUT2D eigenvalue weighted by molar-refractivity contribution is 0.107. The van der Waals surface area contributed by atoms with Crippen LogP contribution in [-0.4, -0.2) is 49.7 Å². The van der Waals surface area contributed by atoms with Crippen molar-refractivity contribution in [3.05, 3.63) is 10.9 Å². The lowest BCUT2D eigenvalue weighted by Gasteiger charge is -2.31. The zero-order valence-corrected chi connectivity index (χ0v) is 13.6. The zero-order valence-electron chi connectivity index (χ0n) is 12.0. The van der Waals surface area contributed by atoms with Gasteiger partial charge in [-0.15, -0.1) is 0 Å². The largest absolute Gasteiger partial charge is 0.461 e. The molecule has 7 heteroatoms. The van der Waals surface area contributed by atoms with Crippen LogP contribution in [0.2, 0.25) is 0 Å². The molecule has 0 radical (unpaired) electrons. The van der Waals surface area contributed by atoms with E-state index in [2.05, 4.69) is 35.8 Å². The number of ether oxygens (including phenoxy) is 1. The van der Waals surface area contributed by atoms with Gasteiger partial charge in [0.15, 0.2) is 10.4 Å². The smallest absolute Gasteiger partial charge is 0.318 e. The molecule has 0 aromatic carbocycles. The first-order valence-electron chi connectivity index (χ1n) is 7.41. The van der Waals surface area contributed by atoms with E-state index >= 15 is 0 Å². The third-order valence-electron chi connectivity index (χ3n) is 4.85. The first kappa shape index (κ1) is 13.5. The Morgan fingerprint density at radius 1 is 1.29 bits per heavy atom. The fourth-order valence-electron chi connectivity index (χ4n) is 3.66. The molecule has 21 heavy (non-hydrogen) atoms. The van der Waals surface area contributed by atoms with Crippen LogP contribution in [0.15, 0.2) is 10.9 Å². The first-order chi connectivity index (χ1) is 10.2. The van der Waals surface area contributed by atoms with Crippen LogP contribution in [0.1, 0.15) is 25.7 Å². The normalized spacial score (nSPS) is 21.0. The number of aromatic nitrogens is 4. The molecule has 2 aliphatic heterocycles. The Balaban J connectivity index is 1.55. The predicted octanol–water partition coefficient (Wildman–Crippen LogP) is 2.13. The summed E-state index contributed by atoms with van der Waals surface area (Å²) in [6, 6.07) is 0.432. The molecule has 0 saturated carbocycles. The Hall–Kier alpha value is -1.21. The van der Waals surface area contributed by atoms with Gasteiger partial charge < -0.3 is 9.30 Å². The molecule has 0 aliphatic carbocycles. The van der Waals surface area contributed by atoms with Crippen LogP contribution < -0.4 is 4.74 Å². The van der Waals surface area contributed by atoms with E-state index in [1.165, 1.54) is 38.8 Å². The molecule has 0 spiro atoms. The van der Waals surface area contributed by atoms with E-state index in [0.29, 0.717) is 18.3 Å². The molecular formula is C14H18BrN5O. The summed E-state index contributed by atoms with van der Waals surface area (Å²) in [6.45, 7) is 3.10. The van der Waals surface area contributed by atoms with Crippen molar-refractivity contribution in [2.45, 2.75) is 31.2 Å². The molecule has 0 unspecified atom stereocenters. The maximum Gasteiger partial charge on any atom is 0.318 e. The zero-order chi connectivity index (χ0) is 14.4. The topological polar surface area (TPSA) is 56.1 Å². The van der Waals surface area contributed by atoms with Crippen molar-refractivity contribution in [2.75, 3.05) is 19.7 Å². The summed E-state index contributed by atoms with van der Waals surface area (Å²) in [6.07, 6.45) is 6.77. The Morgan fingerprint density at radius 2 is 2.05 bits per heavy atom. The van der Waals surface area contributed by atoms with Crippen molar-refractivity contribution < 1.29 is 4.74 Å². The predicted molar refractivity (Wildman–Crippen MR) is 82.3 cm³/mol. The van der Waals surface area contributed by atoms with Crippen LogP contribution in [0.3, 0.4) is 0 Å². The number of nitrogens with zero attached hydrogens (tertiary/aromatic N) is 5. The SMILES string of the molecule is Cn1c(Br)nc2nc(OCC34CCCN3CCC4)ncc21. The molecule has 0 N–H and O–H groups in total. The van der Waals surface area contributed by atoms with Gasteiger partial charge in [0.1, 0.15) is 12.1 Å². The molecule has 6 nitrogen and oxygen atoms in total. The van der Waals surface area contributed by atoms with Crippen LogP contribution >= 0.6 is 15.9 Å². The monoisotopic (exact) mass is 351 g/mol. The Bertz CT molecular complexity index is 675. The van der Waals surface area contributed by atoms with Gasteiger partial charge in [0.05, 0.1) is 11.7 Å². The van der Waals surface area contributed by atoms with Crippen LogP contribution in [0.4, 0.5) is 0 Å². The van der Waals surface area contributed by atoms with Gasteiger partial charge in [-0.1, -0.05) is 0 Å². The molecule has 2 aliphatic rings. The van der Waals surface area contributed by atoms with Crippen molar-refractivity contribution in [2.24, 2.45) is 7.05 Å². The van der Waals surface area contributed by atoms with Gasteiger partial charge in [0.25, 0.3) is 0 Å². The van der Waals surface area contributed by atoms with Crippen LogP contribution in [0.25, 0.3) is 11.2 Å². The summed E-state index contributed by atoms with van der Waals surface area (Å²) < 4.78 is 8.58. The van der Waals surface area contributed by atoms with Crippen LogP contribution in [0, 0.1) is 0 Å². The average molecular weight is 352 g/mol. The lowest BCUT2D eigenvalue weighted by atomic mass is 9.95. The first-order valence-corrected chi connectivity index (χ1v) is 8.20. The molecule has 4 heterocycles. The minimum Gasteiger partial charge on any atom is -0.461 e. The van der Waals surface area contributed by atoms with E-state index in [-0.39, 0.29) is 5.54 Å². The van der Waals surface area contributed by atoms with Gasteiger partial charge in [-0.3, -0.25) is 4.90 Å². The molecule has 0 amide bonds. The third-order valence-corrected chi connectivity index (χ3v) is 5.55. The number of imidazole rings is 1. The highest BCUT2D eigenvalue weighted by molar-refractivity contribution is 9.10. The molecule has 2 aromatic heterocycles. The highest BCUT2D eigenvalue weighted by Crippen LogP contribution is 2.38. The number of aryl methyl sites for hydroxylation is 1. The number of halogens is 1. The third kappa shape index (κ3) is 2.14. The van der Waals surface area contributed by atoms with Gasteiger partial charge in [-0.2, -0.15) is 4.98 Å². The molecule has 0 atom stereocenters. The summed E-state index contributed by atoms with van der Waals surface area (Å²) >= 11 is 3.40. The van der Waals surface area contributed by atoms with Gasteiger partial charge >= 0.3 is 6.01 Å². The molecule has 0 bridgehead atoms. The van der Waals surface area contributed by atoms with E-state index in [0.717, 1.165) is 10.3 Å². The second kappa shape index (κ2) is 4.91. The second-order valence-electron chi connectivity index (χ2n) is 6.01. The van der Waals surface area contributed by atoms with E-state index in [1.54, 1.807) is 6.20 Å². The van der Waals surface area contributed by atoms with Gasteiger partial charge in [-0.05, 0) is 54.7 Å². The van der Waals surface area contributed by atoms with Gasteiger partial charge in [0.2, 0.25) is 0 Å². The van der Waals surface area contributed by atoms with Crippen molar-refractivity contribution in [3.8, 4) is 6.01 Å². The summed E-state index contributed by atoms with van der Waals surface area (Å²) in [5, 5.41) is 0. The molecule has 112 valence electrons. The minimum atomic E-state index is 0.225. The van der Waals surface area contributed by atoms with Crippen molar-refractivity contribution in [1.82, 2.24) is 24.4 Å². The van der Waals surface area contributed by atoms with E-state index < -0.39 is 0 Å². The fourth-order valence-corrected chi connectivity index (χ4v) is 4.02. The molecule has 2 saturated heterocycles. The summed E-state index contributed by atoms with van der Waals surface area (Å²) in [7, 11) is 1.93. The van der Waals surface area contributed by atoms with Crippen molar-refractivity contribution in [1.29, 1.82) is 0 Å². The van der Waals surface area contributed by atoms with Crippen molar-refractivity contribution >= 4 is 27.1 Å². The molecule has 2 aromatic rings. The highest BCUT2D eigenvalue weighted by atomic mass is 79.9. The minimum absolute atomic E-state index is 0.225. The number of hydrogen-bond donors (Lipinski definition) is 0. The van der Waals surface area contributed by atoms with Gasteiger partial charge in [0, 0.05) is 7.05 Å². The fraction of sp³-hybridized carbons (Fsp3) is 0.643. The average Bonchev–Trinajstić information content (AvgIpc) is 3.11. The Kier molecular flexibility index (Phi) is 3.15. The molecule has 2 fully saturated rings. The maximum atomic E-state index is 5.92. The Labute approximate surface area is 131 Å². The highest BCUT2D eigenvalue weighted by Gasteiger charge is 2.44. The number of rotatable bonds is 3. The lowest BCUT2D eigenvalue weighted by Crippen LogP contribution is -2.43. The second-order valence-corrected chi connectivity index (χ2v) is 6.72. The number of fused-ring (bicyclic) bond motifs is 2. The van der Waals surface area contributed by atoms with E-state index in [1.807, 2.05) is 11.6 Å².